The van der Waals surface area contributed by atoms with E-state index in [0.29, 0.717) is 30.3 Å². The Balaban J connectivity index is 2.56. The number of carbonyl (C=O) groups is 1. The lowest BCUT2D eigenvalue weighted by molar-refractivity contribution is -0.128. The molecule has 1 fully saturated rings. The van der Waals surface area contributed by atoms with Gasteiger partial charge in [-0.1, -0.05) is 26.1 Å². The normalized spacial score (nSPS) is 20.2. The highest BCUT2D eigenvalue weighted by molar-refractivity contribution is 7.80. The van der Waals surface area contributed by atoms with Crippen LogP contribution in [0, 0.1) is 11.3 Å². The first-order valence-electron chi connectivity index (χ1n) is 6.22. The summed E-state index contributed by atoms with van der Waals surface area (Å²) in [5, 5.41) is 2.96. The average molecular weight is 258 g/mol. The van der Waals surface area contributed by atoms with Crippen molar-refractivity contribution in [1.29, 1.82) is 0 Å². The maximum atomic E-state index is 12.2. The number of hydrogen-bond donors (Lipinski definition) is 2. The molecule has 1 amide bonds. The summed E-state index contributed by atoms with van der Waals surface area (Å²) in [7, 11) is 0. The van der Waals surface area contributed by atoms with Crippen LogP contribution >= 0.6 is 12.2 Å². The monoisotopic (exact) mass is 258 g/mol. The molecule has 0 saturated carbocycles. The number of thiocarbonyl (C=S) groups is 1. The van der Waals surface area contributed by atoms with Crippen LogP contribution in [0.2, 0.25) is 0 Å². The molecule has 4 nitrogen and oxygen atoms in total. The predicted octanol–water partition coefficient (Wildman–Crippen LogP) is 1.23. The number of hydrogen-bond acceptors (Lipinski definition) is 3. The van der Waals surface area contributed by atoms with Crippen LogP contribution in [0.1, 0.15) is 33.1 Å². The van der Waals surface area contributed by atoms with Gasteiger partial charge in [-0.15, -0.1) is 0 Å². The second-order valence-electron chi connectivity index (χ2n) is 4.59. The summed E-state index contributed by atoms with van der Waals surface area (Å²) in [5.41, 5.74) is 5.04. The van der Waals surface area contributed by atoms with Crippen LogP contribution in [-0.4, -0.2) is 30.7 Å². The summed E-state index contributed by atoms with van der Waals surface area (Å²) < 4.78 is 5.27. The molecule has 1 atom stereocenters. The van der Waals surface area contributed by atoms with Crippen LogP contribution in [0.15, 0.2) is 0 Å². The number of nitrogens with two attached hydrogens (primary N) is 1. The summed E-state index contributed by atoms with van der Waals surface area (Å²) in [4.78, 5) is 12.5. The van der Waals surface area contributed by atoms with Gasteiger partial charge in [-0.05, 0) is 19.3 Å². The van der Waals surface area contributed by atoms with E-state index in [-0.39, 0.29) is 5.91 Å². The van der Waals surface area contributed by atoms with E-state index in [1.54, 1.807) is 0 Å². The van der Waals surface area contributed by atoms with Crippen LogP contribution in [0.3, 0.4) is 0 Å². The molecule has 1 heterocycles. The van der Waals surface area contributed by atoms with E-state index in [1.807, 2.05) is 13.8 Å². The van der Waals surface area contributed by atoms with Crippen LogP contribution in [0.4, 0.5) is 0 Å². The van der Waals surface area contributed by atoms with Crippen molar-refractivity contribution in [3.8, 4) is 0 Å². The first kappa shape index (κ1) is 14.4. The number of carbonyl (C=O) groups excluding carboxylic acids is 1. The van der Waals surface area contributed by atoms with Crippen molar-refractivity contribution >= 4 is 23.1 Å². The molecule has 0 spiro atoms. The molecule has 1 aliphatic heterocycles. The Morgan fingerprint density at radius 1 is 1.53 bits per heavy atom. The standard InChI is InChI=1S/C12H22N2O2S/c1-3-12(4-2,10(13)17)11(15)14-7-9-5-6-16-8-9/h9H,3-8H2,1-2H3,(H2,13,17)(H,14,15). The quantitative estimate of drug-likeness (QED) is 0.703. The Morgan fingerprint density at radius 2 is 2.18 bits per heavy atom. The highest BCUT2D eigenvalue weighted by Crippen LogP contribution is 2.27. The highest BCUT2D eigenvalue weighted by Gasteiger charge is 2.38. The topological polar surface area (TPSA) is 64.3 Å². The van der Waals surface area contributed by atoms with Gasteiger partial charge in [0.1, 0.15) is 0 Å². The van der Waals surface area contributed by atoms with Gasteiger partial charge >= 0.3 is 0 Å². The smallest absolute Gasteiger partial charge is 0.233 e. The SMILES string of the molecule is CCC(CC)(C(=O)NCC1CCOC1)C(N)=S. The van der Waals surface area contributed by atoms with E-state index in [2.05, 4.69) is 5.32 Å². The third-order valence-electron chi connectivity index (χ3n) is 3.69. The van der Waals surface area contributed by atoms with Crippen molar-refractivity contribution in [1.82, 2.24) is 5.32 Å². The van der Waals surface area contributed by atoms with E-state index in [9.17, 15) is 4.79 Å². The van der Waals surface area contributed by atoms with E-state index >= 15 is 0 Å². The van der Waals surface area contributed by atoms with Gasteiger partial charge in [0.15, 0.2) is 0 Å². The van der Waals surface area contributed by atoms with E-state index < -0.39 is 5.41 Å². The molecule has 1 aliphatic rings. The molecule has 17 heavy (non-hydrogen) atoms. The lowest BCUT2D eigenvalue weighted by atomic mass is 9.81. The summed E-state index contributed by atoms with van der Waals surface area (Å²) in [6.07, 6.45) is 2.30. The van der Waals surface area contributed by atoms with Gasteiger partial charge in [0.2, 0.25) is 5.91 Å². The van der Waals surface area contributed by atoms with Gasteiger partial charge < -0.3 is 15.8 Å². The minimum Gasteiger partial charge on any atom is -0.392 e. The van der Waals surface area contributed by atoms with Crippen LogP contribution in [-0.2, 0) is 9.53 Å². The lowest BCUT2D eigenvalue weighted by Gasteiger charge is -2.29. The Hall–Kier alpha value is -0.680. The average Bonchev–Trinajstić information content (AvgIpc) is 2.81. The van der Waals surface area contributed by atoms with E-state index in [1.165, 1.54) is 0 Å². The molecule has 0 radical (unpaired) electrons. The molecule has 5 heteroatoms. The lowest BCUT2D eigenvalue weighted by Crippen LogP contribution is -2.49. The van der Waals surface area contributed by atoms with Crippen molar-refractivity contribution in [3.63, 3.8) is 0 Å². The van der Waals surface area contributed by atoms with Gasteiger partial charge in [0.05, 0.1) is 17.0 Å². The van der Waals surface area contributed by atoms with Crippen molar-refractivity contribution in [3.05, 3.63) is 0 Å². The first-order valence-corrected chi connectivity index (χ1v) is 6.63. The van der Waals surface area contributed by atoms with Crippen molar-refractivity contribution in [2.24, 2.45) is 17.1 Å². The Bertz CT molecular complexity index is 284. The van der Waals surface area contributed by atoms with Crippen LogP contribution in [0.25, 0.3) is 0 Å². The largest absolute Gasteiger partial charge is 0.392 e. The third-order valence-corrected chi connectivity index (χ3v) is 4.08. The molecule has 0 aromatic carbocycles. The minimum absolute atomic E-state index is 0.0399. The third kappa shape index (κ3) is 3.16. The zero-order valence-electron chi connectivity index (χ0n) is 10.6. The summed E-state index contributed by atoms with van der Waals surface area (Å²) in [6, 6.07) is 0. The van der Waals surface area contributed by atoms with Gasteiger partial charge in [-0.3, -0.25) is 4.79 Å². The predicted molar refractivity (Wildman–Crippen MR) is 71.7 cm³/mol. The number of ether oxygens (including phenoxy) is 1. The number of amides is 1. The highest BCUT2D eigenvalue weighted by atomic mass is 32.1. The van der Waals surface area contributed by atoms with Gasteiger partial charge in [-0.25, -0.2) is 0 Å². The molecule has 0 aliphatic carbocycles. The van der Waals surface area contributed by atoms with Crippen molar-refractivity contribution in [2.75, 3.05) is 19.8 Å². The summed E-state index contributed by atoms with van der Waals surface area (Å²) in [5.74, 6) is 0.388. The molecular formula is C12H22N2O2S. The van der Waals surface area contributed by atoms with Crippen molar-refractivity contribution in [2.45, 2.75) is 33.1 Å². The fourth-order valence-corrected chi connectivity index (χ4v) is 2.56. The zero-order valence-corrected chi connectivity index (χ0v) is 11.4. The molecule has 0 bridgehead atoms. The fourth-order valence-electron chi connectivity index (χ4n) is 2.18. The molecule has 0 aromatic heterocycles. The van der Waals surface area contributed by atoms with Gasteiger partial charge in [-0.2, -0.15) is 0 Å². The molecule has 98 valence electrons. The molecule has 0 aromatic rings. The van der Waals surface area contributed by atoms with Crippen LogP contribution in [0.5, 0.6) is 0 Å². The first-order chi connectivity index (χ1) is 8.06. The summed E-state index contributed by atoms with van der Waals surface area (Å²) in [6.45, 7) is 6.08. The second kappa shape index (κ2) is 6.31. The maximum absolute atomic E-state index is 12.2. The molecule has 1 rings (SSSR count). The minimum atomic E-state index is -0.686. The maximum Gasteiger partial charge on any atom is 0.233 e. The van der Waals surface area contributed by atoms with Crippen LogP contribution < -0.4 is 11.1 Å². The van der Waals surface area contributed by atoms with E-state index in [0.717, 1.165) is 19.6 Å². The number of nitrogens with one attached hydrogen (secondary N) is 1. The molecule has 1 unspecified atom stereocenters. The van der Waals surface area contributed by atoms with Gasteiger partial charge in [0, 0.05) is 19.1 Å². The number of rotatable bonds is 6. The fraction of sp³-hybridized carbons (Fsp3) is 0.833. The Labute approximate surface area is 108 Å². The Kier molecular flexibility index (Phi) is 5.33. The second-order valence-corrected chi connectivity index (χ2v) is 5.03. The Morgan fingerprint density at radius 3 is 2.59 bits per heavy atom. The van der Waals surface area contributed by atoms with Crippen molar-refractivity contribution < 1.29 is 9.53 Å². The van der Waals surface area contributed by atoms with E-state index in [4.69, 9.17) is 22.7 Å². The molecule has 3 N–H and O–H groups in total. The molecular weight excluding hydrogens is 236 g/mol. The zero-order chi connectivity index (χ0) is 12.9. The molecule has 1 saturated heterocycles. The summed E-state index contributed by atoms with van der Waals surface area (Å²) >= 11 is 5.04. The van der Waals surface area contributed by atoms with Gasteiger partial charge in [0.25, 0.3) is 0 Å².